The fraction of sp³-hybridized carbons (Fsp3) is 0.600. The summed E-state index contributed by atoms with van der Waals surface area (Å²) in [5.74, 6) is 0.817. The Bertz CT molecular complexity index is 501. The third-order valence-electron chi connectivity index (χ3n) is 4.00. The summed E-state index contributed by atoms with van der Waals surface area (Å²) in [6.45, 7) is 3.19. The summed E-state index contributed by atoms with van der Waals surface area (Å²) in [7, 11) is -3.09. The highest BCUT2D eigenvalue weighted by Gasteiger charge is 2.16. The normalized spacial score (nSPS) is 18.6. The molecule has 0 radical (unpaired) electrons. The van der Waals surface area contributed by atoms with Crippen LogP contribution in [0.25, 0.3) is 0 Å². The van der Waals surface area contributed by atoms with Crippen molar-refractivity contribution in [2.75, 3.05) is 12.8 Å². The van der Waals surface area contributed by atoms with Crippen LogP contribution < -0.4 is 5.32 Å². The minimum atomic E-state index is -3.09. The van der Waals surface area contributed by atoms with Crippen molar-refractivity contribution < 1.29 is 8.42 Å². The van der Waals surface area contributed by atoms with Gasteiger partial charge in [-0.3, -0.25) is 0 Å². The largest absolute Gasteiger partial charge is 0.310 e. The minimum absolute atomic E-state index is 0.272. The molecule has 4 heteroatoms. The van der Waals surface area contributed by atoms with E-state index in [0.29, 0.717) is 4.90 Å². The van der Waals surface area contributed by atoms with E-state index < -0.39 is 9.84 Å². The van der Waals surface area contributed by atoms with Gasteiger partial charge in [0, 0.05) is 12.3 Å². The fourth-order valence-corrected chi connectivity index (χ4v) is 3.31. The minimum Gasteiger partial charge on any atom is -0.310 e. The average Bonchev–Trinajstić information content (AvgIpc) is 2.88. The third-order valence-corrected chi connectivity index (χ3v) is 5.12. The van der Waals surface area contributed by atoms with E-state index in [0.717, 1.165) is 18.0 Å². The van der Waals surface area contributed by atoms with Gasteiger partial charge in [0.25, 0.3) is 0 Å². The molecule has 0 saturated heterocycles. The van der Waals surface area contributed by atoms with Crippen LogP contribution in [0.2, 0.25) is 0 Å². The van der Waals surface area contributed by atoms with Crippen molar-refractivity contribution in [2.24, 2.45) is 5.92 Å². The molecule has 1 unspecified atom stereocenters. The standard InChI is InChI=1S/C15H23NO2S/c1-12(16-11-13-5-3-4-6-13)14-7-9-15(10-8-14)19(2,17)18/h7-10,12-13,16H,3-6,11H2,1-2H3. The van der Waals surface area contributed by atoms with E-state index >= 15 is 0 Å². The van der Waals surface area contributed by atoms with Gasteiger partial charge in [-0.1, -0.05) is 25.0 Å². The molecule has 2 rings (SSSR count). The molecular weight excluding hydrogens is 258 g/mol. The zero-order chi connectivity index (χ0) is 13.9. The summed E-state index contributed by atoms with van der Waals surface area (Å²) in [6.07, 6.45) is 6.65. The topological polar surface area (TPSA) is 46.2 Å². The maximum absolute atomic E-state index is 11.4. The van der Waals surface area contributed by atoms with Gasteiger partial charge < -0.3 is 5.32 Å². The lowest BCUT2D eigenvalue weighted by atomic mass is 10.1. The molecule has 1 aliphatic carbocycles. The molecule has 1 atom stereocenters. The van der Waals surface area contributed by atoms with Crippen LogP contribution in [0.1, 0.15) is 44.2 Å². The first-order valence-corrected chi connectivity index (χ1v) is 8.89. The molecule has 1 saturated carbocycles. The Labute approximate surface area is 116 Å². The summed E-state index contributed by atoms with van der Waals surface area (Å²) < 4.78 is 22.8. The molecule has 0 heterocycles. The van der Waals surface area contributed by atoms with Crippen LogP contribution in [-0.2, 0) is 9.84 Å². The van der Waals surface area contributed by atoms with E-state index in [9.17, 15) is 8.42 Å². The highest BCUT2D eigenvalue weighted by atomic mass is 32.2. The lowest BCUT2D eigenvalue weighted by Gasteiger charge is -2.17. The van der Waals surface area contributed by atoms with Crippen molar-refractivity contribution in [3.63, 3.8) is 0 Å². The summed E-state index contributed by atoms with van der Waals surface area (Å²) in [5, 5.41) is 3.55. The van der Waals surface area contributed by atoms with Crippen molar-refractivity contribution >= 4 is 9.84 Å². The molecule has 106 valence electrons. The quantitative estimate of drug-likeness (QED) is 0.902. The summed E-state index contributed by atoms with van der Waals surface area (Å²) >= 11 is 0. The summed E-state index contributed by atoms with van der Waals surface area (Å²) in [5.41, 5.74) is 1.14. The highest BCUT2D eigenvalue weighted by Crippen LogP contribution is 2.25. The molecule has 0 bridgehead atoms. The Morgan fingerprint density at radius 1 is 1.21 bits per heavy atom. The van der Waals surface area contributed by atoms with E-state index in [2.05, 4.69) is 12.2 Å². The molecule has 1 fully saturated rings. The molecule has 1 aromatic carbocycles. The van der Waals surface area contributed by atoms with Crippen molar-refractivity contribution in [1.29, 1.82) is 0 Å². The summed E-state index contributed by atoms with van der Waals surface area (Å²) in [6, 6.07) is 7.47. The highest BCUT2D eigenvalue weighted by molar-refractivity contribution is 7.90. The van der Waals surface area contributed by atoms with Crippen LogP contribution in [0.4, 0.5) is 0 Å². The van der Waals surface area contributed by atoms with E-state index in [4.69, 9.17) is 0 Å². The van der Waals surface area contributed by atoms with Crippen molar-refractivity contribution in [3.8, 4) is 0 Å². The zero-order valence-corrected chi connectivity index (χ0v) is 12.5. The maximum Gasteiger partial charge on any atom is 0.175 e. The zero-order valence-electron chi connectivity index (χ0n) is 11.7. The number of nitrogens with one attached hydrogen (secondary N) is 1. The van der Waals surface area contributed by atoms with Crippen molar-refractivity contribution in [1.82, 2.24) is 5.32 Å². The van der Waals surface area contributed by atoms with Gasteiger partial charge in [-0.25, -0.2) is 8.42 Å². The molecule has 19 heavy (non-hydrogen) atoms. The first-order chi connectivity index (χ1) is 8.97. The molecule has 0 spiro atoms. The first kappa shape index (κ1) is 14.5. The first-order valence-electron chi connectivity index (χ1n) is 7.00. The van der Waals surface area contributed by atoms with Gasteiger partial charge in [-0.15, -0.1) is 0 Å². The van der Waals surface area contributed by atoms with Crippen molar-refractivity contribution in [2.45, 2.75) is 43.5 Å². The molecule has 1 aliphatic rings. The van der Waals surface area contributed by atoms with Crippen LogP contribution in [-0.4, -0.2) is 21.2 Å². The van der Waals surface area contributed by atoms with E-state index in [1.165, 1.54) is 31.9 Å². The van der Waals surface area contributed by atoms with E-state index in [-0.39, 0.29) is 6.04 Å². The van der Waals surface area contributed by atoms with Gasteiger partial charge in [-0.2, -0.15) is 0 Å². The molecule has 0 aromatic heterocycles. The van der Waals surface area contributed by atoms with Crippen LogP contribution in [0, 0.1) is 5.92 Å². The number of rotatable bonds is 5. The van der Waals surface area contributed by atoms with Crippen LogP contribution in [0.3, 0.4) is 0 Å². The second-order valence-corrected chi connectivity index (χ2v) is 7.64. The Morgan fingerprint density at radius 3 is 2.32 bits per heavy atom. The molecular formula is C15H23NO2S. The monoisotopic (exact) mass is 281 g/mol. The maximum atomic E-state index is 11.4. The molecule has 1 aromatic rings. The molecule has 3 nitrogen and oxygen atoms in total. The second-order valence-electron chi connectivity index (χ2n) is 5.62. The van der Waals surface area contributed by atoms with Gasteiger partial charge >= 0.3 is 0 Å². The fourth-order valence-electron chi connectivity index (χ4n) is 2.68. The van der Waals surface area contributed by atoms with E-state index in [1.54, 1.807) is 12.1 Å². The van der Waals surface area contributed by atoms with Crippen LogP contribution in [0.5, 0.6) is 0 Å². The molecule has 1 N–H and O–H groups in total. The molecule has 0 amide bonds. The Morgan fingerprint density at radius 2 is 1.79 bits per heavy atom. The lowest BCUT2D eigenvalue weighted by Crippen LogP contribution is -2.24. The number of hydrogen-bond acceptors (Lipinski definition) is 3. The SMILES string of the molecule is CC(NCC1CCCC1)c1ccc(S(C)(=O)=O)cc1. The van der Waals surface area contributed by atoms with Crippen molar-refractivity contribution in [3.05, 3.63) is 29.8 Å². The van der Waals surface area contributed by atoms with Gasteiger partial charge in [0.1, 0.15) is 0 Å². The number of hydrogen-bond donors (Lipinski definition) is 1. The van der Waals surface area contributed by atoms with Gasteiger partial charge in [0.2, 0.25) is 0 Å². The lowest BCUT2D eigenvalue weighted by molar-refractivity contribution is 0.452. The van der Waals surface area contributed by atoms with Gasteiger partial charge in [0.05, 0.1) is 4.90 Å². The predicted octanol–water partition coefficient (Wildman–Crippen LogP) is 2.93. The average molecular weight is 281 g/mol. The van der Waals surface area contributed by atoms with Crippen LogP contribution in [0.15, 0.2) is 29.2 Å². The predicted molar refractivity (Wildman–Crippen MR) is 77.9 cm³/mol. The smallest absolute Gasteiger partial charge is 0.175 e. The van der Waals surface area contributed by atoms with E-state index in [1.807, 2.05) is 12.1 Å². The Balaban J connectivity index is 1.93. The van der Waals surface area contributed by atoms with Crippen LogP contribution >= 0.6 is 0 Å². The Hall–Kier alpha value is -0.870. The Kier molecular flexibility index (Phi) is 4.63. The number of benzene rings is 1. The summed E-state index contributed by atoms with van der Waals surface area (Å²) in [4.78, 5) is 0.388. The van der Waals surface area contributed by atoms with Gasteiger partial charge in [0.15, 0.2) is 9.84 Å². The second kappa shape index (κ2) is 6.06. The van der Waals surface area contributed by atoms with Gasteiger partial charge in [-0.05, 0) is 49.9 Å². The third kappa shape index (κ3) is 4.05. The number of sulfone groups is 1. The molecule has 0 aliphatic heterocycles.